The van der Waals surface area contributed by atoms with Crippen molar-refractivity contribution in [2.75, 3.05) is 11.4 Å². The van der Waals surface area contributed by atoms with Gasteiger partial charge in [0.25, 0.3) is 5.69 Å². The van der Waals surface area contributed by atoms with Crippen LogP contribution in [0.2, 0.25) is 0 Å². The molecule has 1 fully saturated rings. The molecular weight excluding hydrogens is 218 g/mol. The van der Waals surface area contributed by atoms with E-state index in [0.29, 0.717) is 0 Å². The lowest BCUT2D eigenvalue weighted by Crippen LogP contribution is -2.37. The lowest BCUT2D eigenvalue weighted by atomic mass is 10.1. The molecule has 0 bridgehead atoms. The first-order valence-electron chi connectivity index (χ1n) is 5.78. The lowest BCUT2D eigenvalue weighted by molar-refractivity contribution is -0.384. The monoisotopic (exact) mass is 235 g/mol. The van der Waals surface area contributed by atoms with Crippen LogP contribution < -0.4 is 10.6 Å². The summed E-state index contributed by atoms with van der Waals surface area (Å²) in [5.74, 6) is 0. The molecule has 1 aliphatic heterocycles. The summed E-state index contributed by atoms with van der Waals surface area (Å²) in [6.45, 7) is 4.71. The third-order valence-corrected chi connectivity index (χ3v) is 3.51. The molecule has 1 heterocycles. The van der Waals surface area contributed by atoms with Crippen molar-refractivity contribution < 1.29 is 4.92 Å². The first kappa shape index (κ1) is 11.9. The molecule has 0 amide bonds. The number of nitro benzene ring substituents is 1. The predicted octanol–water partition coefficient (Wildman–Crippen LogP) is 1.83. The van der Waals surface area contributed by atoms with E-state index in [2.05, 4.69) is 4.90 Å². The maximum Gasteiger partial charge on any atom is 0.292 e. The van der Waals surface area contributed by atoms with Crippen LogP contribution in [0.4, 0.5) is 11.4 Å². The Morgan fingerprint density at radius 3 is 2.76 bits per heavy atom. The molecule has 2 unspecified atom stereocenters. The van der Waals surface area contributed by atoms with Gasteiger partial charge in [-0.3, -0.25) is 10.1 Å². The van der Waals surface area contributed by atoms with E-state index in [1.807, 2.05) is 19.9 Å². The fourth-order valence-corrected chi connectivity index (χ4v) is 2.44. The third-order valence-electron chi connectivity index (χ3n) is 3.51. The van der Waals surface area contributed by atoms with E-state index < -0.39 is 0 Å². The van der Waals surface area contributed by atoms with Gasteiger partial charge in [0.15, 0.2) is 0 Å². The molecule has 0 radical (unpaired) electrons. The van der Waals surface area contributed by atoms with Gasteiger partial charge in [0.05, 0.1) is 4.92 Å². The summed E-state index contributed by atoms with van der Waals surface area (Å²) in [5, 5.41) is 11.1. The molecule has 1 aromatic carbocycles. The molecule has 2 atom stereocenters. The standard InChI is InChI=1S/C12H17N3O2/c1-8-4-3-5-11(15(16)17)12(8)14-7-6-10(13)9(14)2/h3-5,9-10H,6-7,13H2,1-2H3. The van der Waals surface area contributed by atoms with Gasteiger partial charge >= 0.3 is 0 Å². The average molecular weight is 235 g/mol. The van der Waals surface area contributed by atoms with Gasteiger partial charge in [-0.25, -0.2) is 0 Å². The molecule has 1 aliphatic rings. The van der Waals surface area contributed by atoms with Crippen molar-refractivity contribution in [2.45, 2.75) is 32.4 Å². The Kier molecular flexibility index (Phi) is 3.02. The van der Waals surface area contributed by atoms with Crippen LogP contribution in [-0.4, -0.2) is 23.6 Å². The minimum Gasteiger partial charge on any atom is -0.361 e. The van der Waals surface area contributed by atoms with E-state index in [0.717, 1.165) is 24.2 Å². The summed E-state index contributed by atoms with van der Waals surface area (Å²) in [6, 6.07) is 5.42. The van der Waals surface area contributed by atoms with Gasteiger partial charge in [-0.1, -0.05) is 12.1 Å². The Bertz CT molecular complexity index is 447. The van der Waals surface area contributed by atoms with E-state index >= 15 is 0 Å². The third kappa shape index (κ3) is 1.98. The average Bonchev–Trinajstić information content (AvgIpc) is 2.60. The number of para-hydroxylation sites is 1. The highest BCUT2D eigenvalue weighted by atomic mass is 16.6. The van der Waals surface area contributed by atoms with Crippen LogP contribution in [0.1, 0.15) is 18.9 Å². The summed E-state index contributed by atoms with van der Waals surface area (Å²) >= 11 is 0. The quantitative estimate of drug-likeness (QED) is 0.627. The Hall–Kier alpha value is -1.62. The largest absolute Gasteiger partial charge is 0.361 e. The summed E-state index contributed by atoms with van der Waals surface area (Å²) in [7, 11) is 0. The Morgan fingerprint density at radius 1 is 1.53 bits per heavy atom. The second kappa shape index (κ2) is 4.33. The van der Waals surface area contributed by atoms with Gasteiger partial charge in [0.1, 0.15) is 5.69 Å². The predicted molar refractivity (Wildman–Crippen MR) is 67.2 cm³/mol. The van der Waals surface area contributed by atoms with Crippen LogP contribution in [0.15, 0.2) is 18.2 Å². The van der Waals surface area contributed by atoms with Crippen LogP contribution in [-0.2, 0) is 0 Å². The maximum atomic E-state index is 11.1. The minimum atomic E-state index is -0.321. The number of nitro groups is 1. The topological polar surface area (TPSA) is 72.4 Å². The molecule has 2 rings (SSSR count). The highest BCUT2D eigenvalue weighted by molar-refractivity contribution is 5.68. The Morgan fingerprint density at radius 2 is 2.24 bits per heavy atom. The van der Waals surface area contributed by atoms with Crippen molar-refractivity contribution in [3.05, 3.63) is 33.9 Å². The molecule has 5 nitrogen and oxygen atoms in total. The number of hydrogen-bond acceptors (Lipinski definition) is 4. The van der Waals surface area contributed by atoms with Gasteiger partial charge in [-0.2, -0.15) is 0 Å². The number of nitrogens with two attached hydrogens (primary N) is 1. The summed E-state index contributed by atoms with van der Waals surface area (Å²) < 4.78 is 0. The van der Waals surface area contributed by atoms with Crippen molar-refractivity contribution in [1.82, 2.24) is 0 Å². The van der Waals surface area contributed by atoms with Crippen LogP contribution in [0.3, 0.4) is 0 Å². The smallest absolute Gasteiger partial charge is 0.292 e. The molecule has 92 valence electrons. The normalized spacial score (nSPS) is 24.1. The molecule has 2 N–H and O–H groups in total. The van der Waals surface area contributed by atoms with Gasteiger partial charge in [-0.05, 0) is 25.8 Å². The molecule has 0 aromatic heterocycles. The maximum absolute atomic E-state index is 11.1. The Labute approximate surface area is 100 Å². The van der Waals surface area contributed by atoms with Crippen LogP contribution in [0.5, 0.6) is 0 Å². The number of nitrogens with zero attached hydrogens (tertiary/aromatic N) is 2. The number of rotatable bonds is 2. The molecule has 17 heavy (non-hydrogen) atoms. The second-order valence-electron chi connectivity index (χ2n) is 4.59. The molecule has 0 aliphatic carbocycles. The van der Waals surface area contributed by atoms with E-state index in [9.17, 15) is 10.1 Å². The summed E-state index contributed by atoms with van der Waals surface area (Å²) in [4.78, 5) is 12.8. The van der Waals surface area contributed by atoms with Gasteiger partial charge in [0, 0.05) is 24.7 Å². The van der Waals surface area contributed by atoms with E-state index in [1.165, 1.54) is 0 Å². The second-order valence-corrected chi connectivity index (χ2v) is 4.59. The molecule has 0 saturated carbocycles. The van der Waals surface area contributed by atoms with Crippen molar-refractivity contribution in [3.63, 3.8) is 0 Å². The minimum absolute atomic E-state index is 0.0919. The van der Waals surface area contributed by atoms with E-state index in [4.69, 9.17) is 5.73 Å². The van der Waals surface area contributed by atoms with E-state index in [-0.39, 0.29) is 22.7 Å². The number of anilines is 1. The summed E-state index contributed by atoms with van der Waals surface area (Å²) in [6.07, 6.45) is 0.882. The lowest BCUT2D eigenvalue weighted by Gasteiger charge is -2.26. The van der Waals surface area contributed by atoms with E-state index in [1.54, 1.807) is 12.1 Å². The van der Waals surface area contributed by atoms with Crippen molar-refractivity contribution in [3.8, 4) is 0 Å². The first-order valence-corrected chi connectivity index (χ1v) is 5.78. The Balaban J connectivity index is 2.47. The highest BCUT2D eigenvalue weighted by Crippen LogP contribution is 2.35. The van der Waals surface area contributed by atoms with Crippen LogP contribution in [0, 0.1) is 17.0 Å². The summed E-state index contributed by atoms with van der Waals surface area (Å²) in [5.41, 5.74) is 7.79. The zero-order valence-electron chi connectivity index (χ0n) is 10.1. The number of benzene rings is 1. The fourth-order valence-electron chi connectivity index (χ4n) is 2.44. The van der Waals surface area contributed by atoms with Gasteiger partial charge in [-0.15, -0.1) is 0 Å². The zero-order chi connectivity index (χ0) is 12.6. The molecule has 1 saturated heterocycles. The fraction of sp³-hybridized carbons (Fsp3) is 0.500. The molecule has 0 spiro atoms. The number of hydrogen-bond donors (Lipinski definition) is 1. The first-order chi connectivity index (χ1) is 8.02. The van der Waals surface area contributed by atoms with Crippen LogP contribution in [0.25, 0.3) is 0 Å². The van der Waals surface area contributed by atoms with Crippen molar-refractivity contribution in [1.29, 1.82) is 0 Å². The molecular formula is C12H17N3O2. The van der Waals surface area contributed by atoms with Crippen molar-refractivity contribution >= 4 is 11.4 Å². The van der Waals surface area contributed by atoms with Gasteiger partial charge in [0.2, 0.25) is 0 Å². The number of aryl methyl sites for hydroxylation is 1. The SMILES string of the molecule is Cc1cccc([N+](=O)[O-])c1N1CCC(N)C1C. The van der Waals surface area contributed by atoms with Crippen LogP contribution >= 0.6 is 0 Å². The molecule has 1 aromatic rings. The van der Waals surface area contributed by atoms with Crippen molar-refractivity contribution in [2.24, 2.45) is 5.73 Å². The molecule has 5 heteroatoms. The zero-order valence-corrected chi connectivity index (χ0v) is 10.1. The van der Waals surface area contributed by atoms with Gasteiger partial charge < -0.3 is 10.6 Å². The highest BCUT2D eigenvalue weighted by Gasteiger charge is 2.32.